The van der Waals surface area contributed by atoms with E-state index in [-0.39, 0.29) is 37.5 Å². The minimum absolute atomic E-state index is 0. The molecule has 9 nitrogen and oxygen atoms in total. The molecule has 2 N–H and O–H groups in total. The van der Waals surface area contributed by atoms with Crippen LogP contribution in [-0.4, -0.2) is 61.2 Å². The molecular weight excluding hydrogens is 513 g/mol. The second-order valence-corrected chi connectivity index (χ2v) is 11.4. The van der Waals surface area contributed by atoms with Crippen molar-refractivity contribution in [3.63, 3.8) is 0 Å². The normalized spacial score (nSPS) is 17.8. The van der Waals surface area contributed by atoms with Crippen LogP contribution >= 0.6 is 0 Å². The summed E-state index contributed by atoms with van der Waals surface area (Å²) >= 11 is 0. The fraction of sp³-hybridized carbons (Fsp3) is 0.583. The van der Waals surface area contributed by atoms with Crippen molar-refractivity contribution in [2.75, 3.05) is 29.3 Å². The molecule has 1 aromatic carbocycles. The van der Waals surface area contributed by atoms with Crippen LogP contribution in [0.1, 0.15) is 49.4 Å². The molecule has 1 fully saturated rings. The number of benzene rings is 1. The molecule has 0 atom stereocenters. The number of alkyl halides is 2. The van der Waals surface area contributed by atoms with E-state index in [4.69, 9.17) is 0 Å². The van der Waals surface area contributed by atoms with Gasteiger partial charge in [0.1, 0.15) is 0 Å². The number of carbonyl (C=O) groups is 1. The van der Waals surface area contributed by atoms with E-state index in [0.29, 0.717) is 31.6 Å². The molecule has 0 saturated carbocycles. The Morgan fingerprint density at radius 1 is 1.16 bits per heavy atom. The van der Waals surface area contributed by atoms with Gasteiger partial charge in [0.15, 0.2) is 0 Å². The molecule has 2 aromatic rings. The third kappa shape index (κ3) is 6.13. The van der Waals surface area contributed by atoms with Gasteiger partial charge in [-0.1, -0.05) is 6.07 Å². The zero-order valence-corrected chi connectivity index (χ0v) is 24.2. The molecule has 3 aliphatic rings. The monoisotopic (exact) mass is 546 g/mol. The van der Waals surface area contributed by atoms with Crippen molar-refractivity contribution in [1.29, 1.82) is 0 Å². The van der Waals surface area contributed by atoms with Crippen LogP contribution in [0.4, 0.5) is 25.0 Å². The van der Waals surface area contributed by atoms with E-state index < -0.39 is 28.7 Å². The second-order valence-electron chi connectivity index (χ2n) is 9.89. The number of likely N-dealkylation sites (tertiary alicyclic amines) is 1. The van der Waals surface area contributed by atoms with Crippen molar-refractivity contribution < 1.29 is 53.0 Å². The largest absolute Gasteiger partial charge is 1.00 e. The number of hydrogen-bond acceptors (Lipinski definition) is 5. The maximum atomic E-state index is 13.6. The van der Waals surface area contributed by atoms with E-state index in [1.54, 1.807) is 18.1 Å². The summed E-state index contributed by atoms with van der Waals surface area (Å²) in [4.78, 5) is 14.7. The summed E-state index contributed by atoms with van der Waals surface area (Å²) in [7, 11) is -2.62. The molecule has 37 heavy (non-hydrogen) atoms. The smallest absolute Gasteiger partial charge is 1.00 e. The van der Waals surface area contributed by atoms with Crippen molar-refractivity contribution in [2.24, 2.45) is 7.05 Å². The Morgan fingerprint density at radius 2 is 1.78 bits per heavy atom. The minimum atomic E-state index is -4.30. The van der Waals surface area contributed by atoms with Crippen LogP contribution in [0.3, 0.4) is 0 Å². The summed E-state index contributed by atoms with van der Waals surface area (Å²) in [6.45, 7) is 0.351. The average molecular weight is 547 g/mol. The summed E-state index contributed by atoms with van der Waals surface area (Å²) in [6, 6.07) is 0.960. The maximum absolute atomic E-state index is 13.6. The molecule has 1 aromatic heterocycles. The number of urea groups is 1. The van der Waals surface area contributed by atoms with Gasteiger partial charge in [-0.25, -0.2) is 22.6 Å². The Balaban J connectivity index is 0.00000200. The number of aromatic nitrogens is 2. The zero-order valence-electron chi connectivity index (χ0n) is 22.3. The van der Waals surface area contributed by atoms with Gasteiger partial charge in [0.05, 0.1) is 18.4 Å². The molecular formula is C24H33F2N6NaO3S. The second kappa shape index (κ2) is 11.6. The van der Waals surface area contributed by atoms with E-state index in [2.05, 4.69) is 21.2 Å². The van der Waals surface area contributed by atoms with Crippen LogP contribution in [0.15, 0.2) is 18.5 Å². The molecule has 0 radical (unpaired) electrons. The van der Waals surface area contributed by atoms with E-state index in [0.717, 1.165) is 55.3 Å². The number of piperidine rings is 1. The molecule has 198 valence electrons. The first kappa shape index (κ1) is 28.3. The molecule has 0 unspecified atom stereocenters. The molecule has 2 heterocycles. The summed E-state index contributed by atoms with van der Waals surface area (Å²) in [5, 5.41) is 6.97. The summed E-state index contributed by atoms with van der Waals surface area (Å²) < 4.78 is 57.6. The Bertz CT molecular complexity index is 1220. The summed E-state index contributed by atoms with van der Waals surface area (Å²) in [5.74, 6) is 0. The molecule has 0 bridgehead atoms. The number of halogens is 2. The number of aryl methyl sites for hydroxylation is 3. The fourth-order valence-electron chi connectivity index (χ4n) is 5.87. The van der Waals surface area contributed by atoms with Gasteiger partial charge in [-0.15, -0.1) is 0 Å². The molecule has 1 aliphatic heterocycles. The Morgan fingerprint density at radius 3 is 2.32 bits per heavy atom. The zero-order chi connectivity index (χ0) is 25.4. The van der Waals surface area contributed by atoms with Crippen molar-refractivity contribution in [3.05, 3.63) is 40.7 Å². The SMILES string of the molecule is Cn1cc(N(C2CCN(CC(F)F)CC2)S(=O)(=O)NC(=O)Nc2c3c(cc4c2CCC4)CCC3)cn1.[H-].[Na+]. The average Bonchev–Trinajstić information content (AvgIpc) is 3.55. The van der Waals surface area contributed by atoms with Gasteiger partial charge in [0, 0.05) is 38.1 Å². The van der Waals surface area contributed by atoms with E-state index >= 15 is 0 Å². The number of hydrogen-bond donors (Lipinski definition) is 2. The number of anilines is 2. The van der Waals surface area contributed by atoms with Gasteiger partial charge in [-0.2, -0.15) is 13.5 Å². The van der Waals surface area contributed by atoms with Gasteiger partial charge in [0.25, 0.3) is 6.43 Å². The van der Waals surface area contributed by atoms with Crippen molar-refractivity contribution in [1.82, 2.24) is 19.4 Å². The Kier molecular flexibility index (Phi) is 8.84. The van der Waals surface area contributed by atoms with Gasteiger partial charge in [0.2, 0.25) is 0 Å². The van der Waals surface area contributed by atoms with Crippen LogP contribution in [0, 0.1) is 0 Å². The minimum Gasteiger partial charge on any atom is -1.00 e. The molecule has 5 rings (SSSR count). The number of amides is 2. The third-order valence-corrected chi connectivity index (χ3v) is 8.89. The van der Waals surface area contributed by atoms with E-state index in [1.165, 1.54) is 26.3 Å². The molecule has 1 saturated heterocycles. The molecule has 2 amide bonds. The fourth-order valence-corrected chi connectivity index (χ4v) is 7.23. The van der Waals surface area contributed by atoms with Gasteiger partial charge in [-0.05, 0) is 73.6 Å². The number of fused-ring (bicyclic) bond motifs is 2. The Hall–Kier alpha value is -1.73. The Labute approximate surface area is 239 Å². The van der Waals surface area contributed by atoms with Crippen molar-refractivity contribution in [2.45, 2.75) is 63.8 Å². The summed E-state index contributed by atoms with van der Waals surface area (Å²) in [6.07, 6.45) is 7.00. The third-order valence-electron chi connectivity index (χ3n) is 7.42. The molecule has 13 heteroatoms. The van der Waals surface area contributed by atoms with Gasteiger partial charge < -0.3 is 6.74 Å². The first-order valence-corrected chi connectivity index (χ1v) is 13.9. The predicted molar refractivity (Wildman–Crippen MR) is 134 cm³/mol. The first-order valence-electron chi connectivity index (χ1n) is 12.5. The van der Waals surface area contributed by atoms with Gasteiger partial charge >= 0.3 is 45.8 Å². The standard InChI is InChI=1S/C24H32F2N6O3S.Na.H/c1-30-14-19(13-27-30)32(18-8-10-31(11-9-18)15-22(25)26)36(34,35)29-24(33)28-23-20-6-2-4-16(20)12-17-5-3-7-21(17)23;;/h12-14,18,22H,2-11,15H2,1H3,(H2,28,29,33);;/q;+1;-1. The van der Waals surface area contributed by atoms with Crippen LogP contribution < -0.4 is 43.9 Å². The number of rotatable bonds is 7. The van der Waals surface area contributed by atoms with Gasteiger partial charge in [-0.3, -0.25) is 9.58 Å². The van der Waals surface area contributed by atoms with E-state index in [9.17, 15) is 22.0 Å². The quantitative estimate of drug-likeness (QED) is 0.481. The predicted octanol–water partition coefficient (Wildman–Crippen LogP) is 0.116. The van der Waals surface area contributed by atoms with Crippen molar-refractivity contribution in [3.8, 4) is 0 Å². The molecule has 2 aliphatic carbocycles. The number of nitrogens with one attached hydrogen (secondary N) is 2. The van der Waals surface area contributed by atoms with Crippen molar-refractivity contribution >= 4 is 27.6 Å². The summed E-state index contributed by atoms with van der Waals surface area (Å²) in [5.41, 5.74) is 5.78. The topological polar surface area (TPSA) is 99.6 Å². The van der Waals surface area contributed by atoms with Crippen LogP contribution in [0.5, 0.6) is 0 Å². The van der Waals surface area contributed by atoms with Crippen LogP contribution in [0.25, 0.3) is 0 Å². The van der Waals surface area contributed by atoms with Crippen LogP contribution in [0.2, 0.25) is 0 Å². The number of carbonyl (C=O) groups excluding carboxylic acids is 1. The van der Waals surface area contributed by atoms with Crippen LogP contribution in [-0.2, 0) is 42.9 Å². The number of nitrogens with zero attached hydrogens (tertiary/aromatic N) is 4. The van der Waals surface area contributed by atoms with E-state index in [1.807, 2.05) is 0 Å². The first-order chi connectivity index (χ1) is 17.2. The maximum Gasteiger partial charge on any atom is 1.00 e. The molecule has 0 spiro atoms.